The second-order valence-corrected chi connectivity index (χ2v) is 6.34. The summed E-state index contributed by atoms with van der Waals surface area (Å²) in [5.74, 6) is 0. The van der Waals surface area contributed by atoms with Crippen LogP contribution in [0, 0.1) is 40.8 Å². The molecule has 0 bridgehead atoms. The van der Waals surface area contributed by atoms with E-state index in [2.05, 4.69) is 0 Å². The zero-order chi connectivity index (χ0) is 13.5. The number of hydrogen-bond donors (Lipinski definition) is 0. The van der Waals surface area contributed by atoms with Gasteiger partial charge in [0, 0.05) is 0 Å². The Bertz CT molecular complexity index is 91.3. The quantitative estimate of drug-likeness (QED) is 0.627. The summed E-state index contributed by atoms with van der Waals surface area (Å²) in [5, 5.41) is 30.3. The molecule has 0 amide bonds. The number of rotatable bonds is 0. The van der Waals surface area contributed by atoms with Crippen molar-refractivity contribution < 1.29 is 56.2 Å². The molecule has 0 aromatic rings. The van der Waals surface area contributed by atoms with Crippen LogP contribution in [0.3, 0.4) is 0 Å². The van der Waals surface area contributed by atoms with E-state index in [1.165, 1.54) is 0 Å². The summed E-state index contributed by atoms with van der Waals surface area (Å²) in [6.07, 6.45) is 0. The molecular weight excluding hydrogens is 336 g/mol. The van der Waals surface area contributed by atoms with Gasteiger partial charge in [-0.15, -0.1) is 16.8 Å². The fourth-order valence-electron chi connectivity index (χ4n) is 0. The van der Waals surface area contributed by atoms with E-state index in [4.69, 9.17) is 0 Å². The van der Waals surface area contributed by atoms with Crippen molar-refractivity contribution in [1.29, 1.82) is 0 Å². The molecule has 0 rings (SSSR count). The van der Waals surface area contributed by atoms with Crippen molar-refractivity contribution in [1.82, 2.24) is 0 Å². The zero-order valence-corrected chi connectivity index (χ0v) is 15.4. The summed E-state index contributed by atoms with van der Waals surface area (Å²) in [5.41, 5.74) is -2.25. The summed E-state index contributed by atoms with van der Waals surface area (Å²) in [7, 11) is 0. The minimum atomic E-state index is -0.750. The predicted molar refractivity (Wildman–Crippen MR) is 59.3 cm³/mol. The molecule has 0 aliphatic rings. The average molecular weight is 364 g/mol. The maximum absolute atomic E-state index is 10.1. The molecule has 4 heteroatoms. The zero-order valence-electron chi connectivity index (χ0n) is 12.2. The molecule has 0 heterocycles. The Morgan fingerprint density at radius 1 is 0.438 bits per heavy atom. The second kappa shape index (κ2) is 10.2. The molecule has 0 N–H and O–H groups in total. The molecule has 0 fully saturated rings. The molecule has 0 atom stereocenters. The minimum Gasteiger partial charge on any atom is -0.850 e. The third kappa shape index (κ3) is 2040. The van der Waals surface area contributed by atoms with Crippen LogP contribution in [0.15, 0.2) is 0 Å². The molecule has 0 saturated carbocycles. The van der Waals surface area contributed by atoms with E-state index in [0.717, 1.165) is 0 Å². The van der Waals surface area contributed by atoms with E-state index >= 15 is 0 Å². The third-order valence-corrected chi connectivity index (χ3v) is 0. The Hall–Kier alpha value is 1.23. The van der Waals surface area contributed by atoms with Gasteiger partial charge < -0.3 is 15.3 Å². The van der Waals surface area contributed by atoms with E-state index in [1.807, 2.05) is 0 Å². The maximum atomic E-state index is 10.1. The average Bonchev–Trinajstić information content (AvgIpc) is 1.41. The van der Waals surface area contributed by atoms with Crippen LogP contribution in [0.25, 0.3) is 0 Å². The van der Waals surface area contributed by atoms with Crippen LogP contribution >= 0.6 is 0 Å². The van der Waals surface area contributed by atoms with Crippen LogP contribution in [-0.2, 0) is 0 Å². The molecule has 0 aromatic carbocycles. The van der Waals surface area contributed by atoms with E-state index in [9.17, 15) is 15.3 Å². The van der Waals surface area contributed by atoms with Crippen molar-refractivity contribution in [2.45, 2.75) is 79.1 Å². The van der Waals surface area contributed by atoms with Gasteiger partial charge >= 0.3 is 40.8 Å². The first-order chi connectivity index (χ1) is 6.00. The molecule has 0 saturated heterocycles. The molecule has 0 aliphatic heterocycles. The van der Waals surface area contributed by atoms with Crippen molar-refractivity contribution in [3.05, 3.63) is 0 Å². The standard InChI is InChI=1S/3C4H9O.Nd/c3*1-4(2,3)5;/h3*1-3H3;/q3*-1;+3. The smallest absolute Gasteiger partial charge is 0.850 e. The molecule has 0 aliphatic carbocycles. The van der Waals surface area contributed by atoms with Crippen molar-refractivity contribution in [3.63, 3.8) is 0 Å². The Morgan fingerprint density at radius 2 is 0.438 bits per heavy atom. The first-order valence-corrected chi connectivity index (χ1v) is 5.11. The molecule has 1 radical (unpaired) electrons. The van der Waals surface area contributed by atoms with Crippen molar-refractivity contribution in [3.8, 4) is 0 Å². The first-order valence-electron chi connectivity index (χ1n) is 5.11. The summed E-state index contributed by atoms with van der Waals surface area (Å²) in [6, 6.07) is 0. The van der Waals surface area contributed by atoms with Crippen LogP contribution in [0.4, 0.5) is 0 Å². The molecule has 16 heavy (non-hydrogen) atoms. The summed E-state index contributed by atoms with van der Waals surface area (Å²) >= 11 is 0. The van der Waals surface area contributed by atoms with Crippen LogP contribution in [0.1, 0.15) is 62.3 Å². The van der Waals surface area contributed by atoms with Gasteiger partial charge in [-0.25, -0.2) is 0 Å². The SMILES string of the molecule is CC(C)(C)[O-].CC(C)(C)[O-].CC(C)(C)[O-].[Nd+3]. The summed E-state index contributed by atoms with van der Waals surface area (Å²) in [4.78, 5) is 0. The summed E-state index contributed by atoms with van der Waals surface area (Å²) < 4.78 is 0. The minimum absolute atomic E-state index is 0. The largest absolute Gasteiger partial charge is 3.00 e. The monoisotopic (exact) mass is 361 g/mol. The van der Waals surface area contributed by atoms with Gasteiger partial charge in [0.2, 0.25) is 0 Å². The van der Waals surface area contributed by atoms with Gasteiger partial charge in [0.1, 0.15) is 0 Å². The Morgan fingerprint density at radius 3 is 0.438 bits per heavy atom. The molecule has 3 nitrogen and oxygen atoms in total. The van der Waals surface area contributed by atoms with Gasteiger partial charge in [0.25, 0.3) is 0 Å². The van der Waals surface area contributed by atoms with Gasteiger partial charge in [0.05, 0.1) is 0 Å². The molecule has 0 unspecified atom stereocenters. The van der Waals surface area contributed by atoms with Gasteiger partial charge in [-0.2, -0.15) is 0 Å². The predicted octanol–water partition coefficient (Wildman–Crippen LogP) is 0.436. The summed E-state index contributed by atoms with van der Waals surface area (Å²) in [6.45, 7) is 14.7. The first kappa shape index (κ1) is 25.9. The number of hydrogen-bond acceptors (Lipinski definition) is 3. The van der Waals surface area contributed by atoms with Crippen LogP contribution < -0.4 is 15.3 Å². The van der Waals surface area contributed by atoms with E-state index in [0.29, 0.717) is 0 Å². The normalized spacial score (nSPS) is 11.2. The van der Waals surface area contributed by atoms with E-state index in [-0.39, 0.29) is 40.8 Å². The maximum Gasteiger partial charge on any atom is 3.00 e. The molecular formula is C12H27NdO3. The fourth-order valence-corrected chi connectivity index (χ4v) is 0. The Balaban J connectivity index is -0.0000000655. The van der Waals surface area contributed by atoms with Gasteiger partial charge in [-0.05, 0) is 0 Å². The van der Waals surface area contributed by atoms with E-state index < -0.39 is 16.8 Å². The molecule has 0 spiro atoms. The van der Waals surface area contributed by atoms with Crippen LogP contribution in [-0.4, -0.2) is 16.8 Å². The van der Waals surface area contributed by atoms with Crippen LogP contribution in [0.5, 0.6) is 0 Å². The molecule has 0 aromatic heterocycles. The molecule has 97 valence electrons. The topological polar surface area (TPSA) is 69.2 Å². The van der Waals surface area contributed by atoms with Crippen LogP contribution in [0.2, 0.25) is 0 Å². The Kier molecular flexibility index (Phi) is 16.5. The van der Waals surface area contributed by atoms with Crippen molar-refractivity contribution in [2.24, 2.45) is 0 Å². The van der Waals surface area contributed by atoms with Gasteiger partial charge in [-0.1, -0.05) is 62.3 Å². The van der Waals surface area contributed by atoms with Gasteiger partial charge in [0.15, 0.2) is 0 Å². The van der Waals surface area contributed by atoms with Gasteiger partial charge in [-0.3, -0.25) is 0 Å². The fraction of sp³-hybridized carbons (Fsp3) is 1.00. The van der Waals surface area contributed by atoms with Crippen molar-refractivity contribution >= 4 is 0 Å². The van der Waals surface area contributed by atoms with E-state index in [1.54, 1.807) is 62.3 Å². The Labute approximate surface area is 134 Å². The second-order valence-electron chi connectivity index (χ2n) is 6.34. The third-order valence-electron chi connectivity index (χ3n) is 0. The van der Waals surface area contributed by atoms with Crippen molar-refractivity contribution in [2.75, 3.05) is 0 Å².